The summed E-state index contributed by atoms with van der Waals surface area (Å²) < 4.78 is 0. The van der Waals surface area contributed by atoms with Gasteiger partial charge in [-0.05, 0) is 31.4 Å². The number of amides is 1. The molecule has 1 aromatic heterocycles. The molecule has 3 atom stereocenters. The highest BCUT2D eigenvalue weighted by Crippen LogP contribution is 2.35. The van der Waals surface area contributed by atoms with Gasteiger partial charge < -0.3 is 11.1 Å². The first kappa shape index (κ1) is 13.8. The van der Waals surface area contributed by atoms with Crippen LogP contribution in [0, 0.1) is 12.8 Å². The number of hydrogen-bond acceptors (Lipinski definition) is 4. The highest BCUT2D eigenvalue weighted by Gasteiger charge is 2.35. The summed E-state index contributed by atoms with van der Waals surface area (Å²) in [4.78, 5) is 11.4. The Morgan fingerprint density at radius 3 is 2.71 bits per heavy atom. The quantitative estimate of drug-likeness (QED) is 0.770. The Morgan fingerprint density at radius 1 is 1.38 bits per heavy atom. The molecule has 4 N–H and O–H groups in total. The normalized spacial score (nSPS) is 23.1. The van der Waals surface area contributed by atoms with Gasteiger partial charge in [0, 0.05) is 5.92 Å². The number of nitrogens with one attached hydrogen (secondary N) is 2. The third kappa shape index (κ3) is 2.80. The smallest absolute Gasteiger partial charge is 0.234 e. The van der Waals surface area contributed by atoms with Crippen LogP contribution in [0.4, 0.5) is 0 Å². The van der Waals surface area contributed by atoms with Crippen molar-refractivity contribution in [1.82, 2.24) is 20.7 Å². The topological polar surface area (TPSA) is 96.7 Å². The SMILES string of the molecule is Cc1ccc(C(c2cnn[nH]2)C2CNC(C(N)=O)C2)cc1. The van der Waals surface area contributed by atoms with Crippen LogP contribution in [0.2, 0.25) is 0 Å². The molecule has 2 aromatic rings. The molecule has 1 aliphatic rings. The van der Waals surface area contributed by atoms with Crippen LogP contribution >= 0.6 is 0 Å². The molecule has 0 spiro atoms. The summed E-state index contributed by atoms with van der Waals surface area (Å²) in [5, 5.41) is 13.9. The van der Waals surface area contributed by atoms with Gasteiger partial charge in [-0.2, -0.15) is 0 Å². The minimum Gasteiger partial charge on any atom is -0.368 e. The number of rotatable bonds is 4. The number of aryl methyl sites for hydroxylation is 1. The Hall–Kier alpha value is -2.21. The molecule has 2 heterocycles. The molecule has 6 heteroatoms. The number of nitrogens with zero attached hydrogens (tertiary/aromatic N) is 2. The van der Waals surface area contributed by atoms with E-state index in [0.29, 0.717) is 0 Å². The second-order valence-electron chi connectivity index (χ2n) is 5.66. The molecule has 3 rings (SSSR count). The van der Waals surface area contributed by atoms with Gasteiger partial charge in [-0.15, -0.1) is 5.10 Å². The first-order chi connectivity index (χ1) is 10.1. The number of hydrogen-bond donors (Lipinski definition) is 3. The van der Waals surface area contributed by atoms with Crippen LogP contribution in [0.3, 0.4) is 0 Å². The molecule has 1 amide bonds. The van der Waals surface area contributed by atoms with Gasteiger partial charge in [0.05, 0.1) is 17.9 Å². The van der Waals surface area contributed by atoms with Gasteiger partial charge in [0.2, 0.25) is 5.91 Å². The lowest BCUT2D eigenvalue weighted by Crippen LogP contribution is -2.36. The third-order valence-corrected chi connectivity index (χ3v) is 4.18. The summed E-state index contributed by atoms with van der Waals surface area (Å²) in [5.74, 6) is 0.132. The lowest BCUT2D eigenvalue weighted by Gasteiger charge is -2.22. The van der Waals surface area contributed by atoms with Crippen LogP contribution in [0.5, 0.6) is 0 Å². The van der Waals surface area contributed by atoms with Crippen molar-refractivity contribution in [3.63, 3.8) is 0 Å². The zero-order valence-electron chi connectivity index (χ0n) is 11.9. The summed E-state index contributed by atoms with van der Waals surface area (Å²) in [6.07, 6.45) is 2.48. The van der Waals surface area contributed by atoms with Crippen LogP contribution in [-0.4, -0.2) is 33.9 Å². The Morgan fingerprint density at radius 2 is 2.14 bits per heavy atom. The van der Waals surface area contributed by atoms with E-state index in [-0.39, 0.29) is 23.8 Å². The van der Waals surface area contributed by atoms with Crippen molar-refractivity contribution in [3.05, 3.63) is 47.3 Å². The predicted octanol–water partition coefficient (Wildman–Crippen LogP) is 0.708. The van der Waals surface area contributed by atoms with Crippen molar-refractivity contribution in [3.8, 4) is 0 Å². The van der Waals surface area contributed by atoms with Crippen molar-refractivity contribution < 1.29 is 4.79 Å². The lowest BCUT2D eigenvalue weighted by molar-refractivity contribution is -0.119. The molecule has 1 aliphatic heterocycles. The van der Waals surface area contributed by atoms with E-state index in [1.807, 2.05) is 0 Å². The van der Waals surface area contributed by atoms with E-state index < -0.39 is 0 Å². The number of aromatic nitrogens is 3. The number of primary amides is 1. The van der Waals surface area contributed by atoms with E-state index in [9.17, 15) is 4.79 Å². The van der Waals surface area contributed by atoms with Crippen molar-refractivity contribution in [1.29, 1.82) is 0 Å². The van der Waals surface area contributed by atoms with Crippen LogP contribution in [0.15, 0.2) is 30.5 Å². The second-order valence-corrected chi connectivity index (χ2v) is 5.66. The molecule has 1 saturated heterocycles. The summed E-state index contributed by atoms with van der Waals surface area (Å²) in [5.41, 5.74) is 8.79. The van der Waals surface area contributed by atoms with E-state index in [4.69, 9.17) is 5.73 Å². The molecule has 0 saturated carbocycles. The molecule has 1 aromatic carbocycles. The summed E-state index contributed by atoms with van der Waals surface area (Å²) in [6.45, 7) is 2.82. The average Bonchev–Trinajstić information content (AvgIpc) is 3.13. The number of nitrogens with two attached hydrogens (primary N) is 1. The largest absolute Gasteiger partial charge is 0.368 e. The van der Waals surface area contributed by atoms with E-state index in [2.05, 4.69) is 51.9 Å². The maximum atomic E-state index is 11.4. The van der Waals surface area contributed by atoms with Crippen LogP contribution in [-0.2, 0) is 4.79 Å². The molecule has 0 bridgehead atoms. The van der Waals surface area contributed by atoms with Crippen LogP contribution < -0.4 is 11.1 Å². The van der Waals surface area contributed by atoms with Gasteiger partial charge in [-0.1, -0.05) is 35.0 Å². The Bertz CT molecular complexity index is 608. The number of aromatic amines is 1. The van der Waals surface area contributed by atoms with Crippen molar-refractivity contribution in [2.45, 2.75) is 25.3 Å². The Balaban J connectivity index is 1.91. The maximum absolute atomic E-state index is 11.4. The summed E-state index contributed by atoms with van der Waals surface area (Å²) in [6, 6.07) is 8.19. The molecule has 21 heavy (non-hydrogen) atoms. The van der Waals surface area contributed by atoms with Gasteiger partial charge in [0.1, 0.15) is 0 Å². The fourth-order valence-electron chi connectivity index (χ4n) is 3.07. The highest BCUT2D eigenvalue weighted by molar-refractivity contribution is 5.80. The molecular weight excluding hydrogens is 266 g/mol. The molecule has 0 aliphatic carbocycles. The van der Waals surface area contributed by atoms with E-state index >= 15 is 0 Å². The maximum Gasteiger partial charge on any atom is 0.234 e. The number of benzene rings is 1. The monoisotopic (exact) mass is 285 g/mol. The fraction of sp³-hybridized carbons (Fsp3) is 0.400. The van der Waals surface area contributed by atoms with Gasteiger partial charge >= 0.3 is 0 Å². The standard InChI is InChI=1S/C15H19N5O/c1-9-2-4-10(5-3-9)14(13-8-18-20-19-13)11-6-12(15(16)21)17-7-11/h2-5,8,11-12,14,17H,6-7H2,1H3,(H2,16,21)(H,18,19,20). The first-order valence-electron chi connectivity index (χ1n) is 7.10. The van der Waals surface area contributed by atoms with Crippen molar-refractivity contribution in [2.75, 3.05) is 6.54 Å². The van der Waals surface area contributed by atoms with Gasteiger partial charge in [-0.3, -0.25) is 9.89 Å². The number of H-pyrrole nitrogens is 1. The summed E-state index contributed by atoms with van der Waals surface area (Å²) in [7, 11) is 0. The molecule has 3 unspecified atom stereocenters. The van der Waals surface area contributed by atoms with Gasteiger partial charge in [-0.25, -0.2) is 0 Å². The van der Waals surface area contributed by atoms with E-state index in [0.717, 1.165) is 18.7 Å². The number of carbonyl (C=O) groups is 1. The average molecular weight is 285 g/mol. The predicted molar refractivity (Wildman–Crippen MR) is 78.5 cm³/mol. The molecule has 1 fully saturated rings. The molecule has 6 nitrogen and oxygen atoms in total. The zero-order chi connectivity index (χ0) is 14.8. The summed E-state index contributed by atoms with van der Waals surface area (Å²) >= 11 is 0. The zero-order valence-corrected chi connectivity index (χ0v) is 11.9. The van der Waals surface area contributed by atoms with Gasteiger partial charge in [0.25, 0.3) is 0 Å². The third-order valence-electron chi connectivity index (χ3n) is 4.18. The molecule has 0 radical (unpaired) electrons. The molecule has 110 valence electrons. The highest BCUT2D eigenvalue weighted by atomic mass is 16.1. The minimum absolute atomic E-state index is 0.137. The van der Waals surface area contributed by atoms with Crippen molar-refractivity contribution in [2.24, 2.45) is 11.7 Å². The van der Waals surface area contributed by atoms with E-state index in [1.54, 1.807) is 6.20 Å². The van der Waals surface area contributed by atoms with Crippen molar-refractivity contribution >= 4 is 5.91 Å². The first-order valence-corrected chi connectivity index (χ1v) is 7.10. The van der Waals surface area contributed by atoms with Gasteiger partial charge in [0.15, 0.2) is 0 Å². The lowest BCUT2D eigenvalue weighted by atomic mass is 9.82. The fourth-order valence-corrected chi connectivity index (χ4v) is 3.07. The Labute approximate surface area is 123 Å². The second kappa shape index (κ2) is 5.65. The minimum atomic E-state index is -0.289. The van der Waals surface area contributed by atoms with Crippen LogP contribution in [0.1, 0.15) is 29.2 Å². The Kier molecular flexibility index (Phi) is 3.70. The number of carbonyl (C=O) groups excluding carboxylic acids is 1. The van der Waals surface area contributed by atoms with E-state index in [1.165, 1.54) is 11.1 Å². The molecular formula is C15H19N5O. The van der Waals surface area contributed by atoms with Crippen LogP contribution in [0.25, 0.3) is 0 Å².